The Morgan fingerprint density at radius 3 is 2.68 bits per heavy atom. The summed E-state index contributed by atoms with van der Waals surface area (Å²) in [6.45, 7) is 0.550. The average molecular weight is 265 g/mol. The van der Waals surface area contributed by atoms with Crippen molar-refractivity contribution >= 4 is 17.6 Å². The highest BCUT2D eigenvalue weighted by Gasteiger charge is 2.07. The van der Waals surface area contributed by atoms with Gasteiger partial charge in [-0.25, -0.2) is 0 Å². The Morgan fingerprint density at radius 2 is 2.00 bits per heavy atom. The highest BCUT2D eigenvalue weighted by Crippen LogP contribution is 2.17. The van der Waals surface area contributed by atoms with Gasteiger partial charge in [-0.2, -0.15) is 0 Å². The van der Waals surface area contributed by atoms with E-state index in [9.17, 15) is 9.59 Å². The number of carboxylic acid groups (broad SMARTS) is 1. The number of carbonyl (C=O) groups excluding carboxylic acids is 1. The smallest absolute Gasteiger partial charge is 0.303 e. The molecule has 0 fully saturated rings. The number of rotatable bonds is 8. The summed E-state index contributed by atoms with van der Waals surface area (Å²) in [5, 5.41) is 11.5. The summed E-state index contributed by atoms with van der Waals surface area (Å²) >= 11 is 0. The number of hydrogen-bond donors (Lipinski definition) is 2. The molecule has 5 nitrogen and oxygen atoms in total. The number of ether oxygens (including phenoxy) is 1. The summed E-state index contributed by atoms with van der Waals surface area (Å²) in [4.78, 5) is 22.3. The maximum atomic E-state index is 11.7. The zero-order chi connectivity index (χ0) is 14.1. The first-order valence-corrected chi connectivity index (χ1v) is 6.22. The molecule has 0 radical (unpaired) electrons. The van der Waals surface area contributed by atoms with Gasteiger partial charge in [0.1, 0.15) is 0 Å². The molecule has 0 unspecified atom stereocenters. The minimum atomic E-state index is -0.846. The number of para-hydroxylation sites is 1. The minimum Gasteiger partial charge on any atom is -0.481 e. The van der Waals surface area contributed by atoms with Crippen molar-refractivity contribution in [1.82, 2.24) is 0 Å². The van der Waals surface area contributed by atoms with E-state index < -0.39 is 5.97 Å². The molecular weight excluding hydrogens is 246 g/mol. The number of carboxylic acids is 1. The van der Waals surface area contributed by atoms with Gasteiger partial charge < -0.3 is 15.2 Å². The van der Waals surface area contributed by atoms with E-state index in [0.29, 0.717) is 31.6 Å². The first-order chi connectivity index (χ1) is 9.13. The molecule has 0 saturated heterocycles. The van der Waals surface area contributed by atoms with E-state index in [-0.39, 0.29) is 12.3 Å². The van der Waals surface area contributed by atoms with E-state index in [1.807, 2.05) is 18.2 Å². The molecule has 5 heteroatoms. The van der Waals surface area contributed by atoms with Crippen molar-refractivity contribution in [3.8, 4) is 0 Å². The summed E-state index contributed by atoms with van der Waals surface area (Å²) < 4.78 is 4.89. The van der Waals surface area contributed by atoms with Crippen LogP contribution in [0.5, 0.6) is 0 Å². The van der Waals surface area contributed by atoms with E-state index in [0.717, 1.165) is 5.56 Å². The van der Waals surface area contributed by atoms with Crippen molar-refractivity contribution in [2.45, 2.75) is 25.7 Å². The number of benzene rings is 1. The molecule has 2 N–H and O–H groups in total. The van der Waals surface area contributed by atoms with Gasteiger partial charge in [0.05, 0.1) is 0 Å². The van der Waals surface area contributed by atoms with Gasteiger partial charge in [0.15, 0.2) is 0 Å². The molecule has 0 atom stereocenters. The second-order valence-corrected chi connectivity index (χ2v) is 4.20. The fourth-order valence-electron chi connectivity index (χ4n) is 1.69. The van der Waals surface area contributed by atoms with Gasteiger partial charge in [-0.1, -0.05) is 18.2 Å². The Bertz CT molecular complexity index is 431. The van der Waals surface area contributed by atoms with Crippen molar-refractivity contribution < 1.29 is 19.4 Å². The minimum absolute atomic E-state index is 0.0521. The van der Waals surface area contributed by atoms with Crippen molar-refractivity contribution in [3.05, 3.63) is 29.8 Å². The molecule has 19 heavy (non-hydrogen) atoms. The Balaban J connectivity index is 2.56. The lowest BCUT2D eigenvalue weighted by atomic mass is 10.1. The lowest BCUT2D eigenvalue weighted by Crippen LogP contribution is -2.13. The lowest BCUT2D eigenvalue weighted by Gasteiger charge is -2.10. The number of carbonyl (C=O) groups is 2. The third-order valence-corrected chi connectivity index (χ3v) is 2.65. The van der Waals surface area contributed by atoms with Gasteiger partial charge >= 0.3 is 5.97 Å². The third-order valence-electron chi connectivity index (χ3n) is 2.65. The maximum Gasteiger partial charge on any atom is 0.303 e. The fraction of sp³-hybridized carbons (Fsp3) is 0.429. The third kappa shape index (κ3) is 6.01. The standard InChI is InChI=1S/C14H19NO4/c1-19-10-4-7-13(16)15-12-6-3-2-5-11(12)8-9-14(17)18/h2-3,5-6H,4,7-10H2,1H3,(H,15,16)(H,17,18). The number of anilines is 1. The number of aliphatic carboxylic acids is 1. The summed E-state index contributed by atoms with van der Waals surface area (Å²) in [5.74, 6) is -0.930. The van der Waals surface area contributed by atoms with Gasteiger partial charge in [0.2, 0.25) is 5.91 Å². The number of amides is 1. The van der Waals surface area contributed by atoms with E-state index in [2.05, 4.69) is 5.32 Å². The molecular formula is C14H19NO4. The molecule has 0 spiro atoms. The number of hydrogen-bond acceptors (Lipinski definition) is 3. The van der Waals surface area contributed by atoms with Crippen molar-refractivity contribution in [2.24, 2.45) is 0 Å². The van der Waals surface area contributed by atoms with Crippen LogP contribution in [0.1, 0.15) is 24.8 Å². The van der Waals surface area contributed by atoms with Crippen LogP contribution in [0.15, 0.2) is 24.3 Å². The second-order valence-electron chi connectivity index (χ2n) is 4.20. The van der Waals surface area contributed by atoms with Crippen LogP contribution in [0.4, 0.5) is 5.69 Å². The predicted octanol–water partition coefficient (Wildman–Crippen LogP) is 2.07. The highest BCUT2D eigenvalue weighted by atomic mass is 16.5. The molecule has 0 saturated carbocycles. The first kappa shape index (κ1) is 15.2. The molecule has 0 heterocycles. The summed E-state index contributed by atoms with van der Waals surface area (Å²) in [6, 6.07) is 7.26. The average Bonchev–Trinajstić information content (AvgIpc) is 2.38. The Hall–Kier alpha value is -1.88. The normalized spacial score (nSPS) is 10.2. The fourth-order valence-corrected chi connectivity index (χ4v) is 1.69. The Morgan fingerprint density at radius 1 is 1.26 bits per heavy atom. The molecule has 1 amide bonds. The van der Waals surface area contributed by atoms with Gasteiger partial charge in [-0.3, -0.25) is 9.59 Å². The molecule has 0 aliphatic heterocycles. The highest BCUT2D eigenvalue weighted by molar-refractivity contribution is 5.91. The van der Waals surface area contributed by atoms with Gasteiger partial charge in [0.25, 0.3) is 0 Å². The van der Waals surface area contributed by atoms with Gasteiger partial charge in [0, 0.05) is 32.2 Å². The van der Waals surface area contributed by atoms with Crippen molar-refractivity contribution in [1.29, 1.82) is 0 Å². The quantitative estimate of drug-likeness (QED) is 0.705. The SMILES string of the molecule is COCCCC(=O)Nc1ccccc1CCC(=O)O. The molecule has 0 aromatic heterocycles. The van der Waals surface area contributed by atoms with Crippen LogP contribution < -0.4 is 5.32 Å². The van der Waals surface area contributed by atoms with Crippen LogP contribution in [0, 0.1) is 0 Å². The largest absolute Gasteiger partial charge is 0.481 e. The lowest BCUT2D eigenvalue weighted by molar-refractivity contribution is -0.136. The maximum absolute atomic E-state index is 11.7. The number of methoxy groups -OCH3 is 1. The molecule has 0 aliphatic rings. The van der Waals surface area contributed by atoms with Gasteiger partial charge in [-0.05, 0) is 24.5 Å². The molecule has 0 aliphatic carbocycles. The second kappa shape index (κ2) is 8.26. The van der Waals surface area contributed by atoms with E-state index in [1.165, 1.54) is 0 Å². The molecule has 1 aromatic rings. The molecule has 104 valence electrons. The summed E-state index contributed by atoms with van der Waals surface area (Å²) in [7, 11) is 1.60. The number of nitrogens with one attached hydrogen (secondary N) is 1. The number of aryl methyl sites for hydroxylation is 1. The van der Waals surface area contributed by atoms with Crippen LogP contribution in [0.25, 0.3) is 0 Å². The van der Waals surface area contributed by atoms with Crippen molar-refractivity contribution in [2.75, 3.05) is 19.0 Å². The topological polar surface area (TPSA) is 75.6 Å². The van der Waals surface area contributed by atoms with E-state index >= 15 is 0 Å². The molecule has 0 bridgehead atoms. The van der Waals surface area contributed by atoms with Crippen LogP contribution in [0.3, 0.4) is 0 Å². The Labute approximate surface area is 112 Å². The summed E-state index contributed by atoms with van der Waals surface area (Å²) in [6.07, 6.45) is 1.52. The summed E-state index contributed by atoms with van der Waals surface area (Å²) in [5.41, 5.74) is 1.52. The van der Waals surface area contributed by atoms with E-state index in [4.69, 9.17) is 9.84 Å². The van der Waals surface area contributed by atoms with Gasteiger partial charge in [-0.15, -0.1) is 0 Å². The van der Waals surface area contributed by atoms with Crippen LogP contribution in [-0.2, 0) is 20.7 Å². The first-order valence-electron chi connectivity index (χ1n) is 6.22. The zero-order valence-corrected chi connectivity index (χ0v) is 11.0. The van der Waals surface area contributed by atoms with Crippen molar-refractivity contribution in [3.63, 3.8) is 0 Å². The van der Waals surface area contributed by atoms with Crippen LogP contribution >= 0.6 is 0 Å². The molecule has 1 rings (SSSR count). The molecule has 1 aromatic carbocycles. The zero-order valence-electron chi connectivity index (χ0n) is 11.0. The predicted molar refractivity (Wildman–Crippen MR) is 72.1 cm³/mol. The Kier molecular flexibility index (Phi) is 6.60. The van der Waals surface area contributed by atoms with Crippen LogP contribution in [-0.4, -0.2) is 30.7 Å². The monoisotopic (exact) mass is 265 g/mol. The van der Waals surface area contributed by atoms with Crippen LogP contribution in [0.2, 0.25) is 0 Å². The van der Waals surface area contributed by atoms with E-state index in [1.54, 1.807) is 13.2 Å².